The van der Waals surface area contributed by atoms with Crippen molar-refractivity contribution in [3.63, 3.8) is 0 Å². The zero-order valence-corrected chi connectivity index (χ0v) is 16.5. The Morgan fingerprint density at radius 3 is 2.39 bits per heavy atom. The molecule has 0 spiro atoms. The van der Waals surface area contributed by atoms with Gasteiger partial charge in [-0.05, 0) is 53.1 Å². The van der Waals surface area contributed by atoms with Gasteiger partial charge in [0.15, 0.2) is 0 Å². The number of esters is 1. The summed E-state index contributed by atoms with van der Waals surface area (Å²) >= 11 is 0. The van der Waals surface area contributed by atoms with E-state index >= 15 is 0 Å². The number of nitrogens with one attached hydrogen (secondary N) is 1. The molecular formula is C24H25NO3. The highest BCUT2D eigenvalue weighted by atomic mass is 16.5. The fourth-order valence-corrected chi connectivity index (χ4v) is 3.30. The zero-order chi connectivity index (χ0) is 20.1. The molecule has 28 heavy (non-hydrogen) atoms. The Morgan fingerprint density at radius 1 is 1.00 bits per heavy atom. The van der Waals surface area contributed by atoms with Gasteiger partial charge >= 0.3 is 5.97 Å². The highest BCUT2D eigenvalue weighted by Crippen LogP contribution is 2.27. The molecule has 0 aliphatic rings. The van der Waals surface area contributed by atoms with Crippen LogP contribution < -0.4 is 5.56 Å². The number of pyridine rings is 1. The predicted molar refractivity (Wildman–Crippen MR) is 112 cm³/mol. The molecule has 1 N–H and O–H groups in total. The largest absolute Gasteiger partial charge is 0.462 e. The number of carbonyl (C=O) groups excluding carboxylic acids is 1. The minimum atomic E-state index is -0.585. The second-order valence-electron chi connectivity index (χ2n) is 7.04. The summed E-state index contributed by atoms with van der Waals surface area (Å²) in [4.78, 5) is 27.1. The van der Waals surface area contributed by atoms with Crippen LogP contribution in [0.15, 0.2) is 65.6 Å². The molecule has 3 rings (SSSR count). The molecule has 0 bridgehead atoms. The van der Waals surface area contributed by atoms with Crippen molar-refractivity contribution in [1.29, 1.82) is 0 Å². The zero-order valence-electron chi connectivity index (χ0n) is 16.5. The number of rotatable bonds is 6. The third kappa shape index (κ3) is 4.22. The van der Waals surface area contributed by atoms with Gasteiger partial charge in [0.1, 0.15) is 5.56 Å². The van der Waals surface area contributed by atoms with Crippen molar-refractivity contribution >= 4 is 5.97 Å². The van der Waals surface area contributed by atoms with Gasteiger partial charge in [-0.15, -0.1) is 0 Å². The number of aromatic nitrogens is 1. The summed E-state index contributed by atoms with van der Waals surface area (Å²) in [6, 6.07) is 18.4. The maximum atomic E-state index is 12.3. The van der Waals surface area contributed by atoms with Crippen molar-refractivity contribution in [2.45, 2.75) is 33.1 Å². The number of aromatic amines is 1. The van der Waals surface area contributed by atoms with E-state index < -0.39 is 11.5 Å². The number of carbonyl (C=O) groups is 1. The lowest BCUT2D eigenvalue weighted by atomic mass is 9.92. The van der Waals surface area contributed by atoms with E-state index in [4.69, 9.17) is 4.74 Å². The van der Waals surface area contributed by atoms with Gasteiger partial charge in [0.05, 0.1) is 6.61 Å². The lowest BCUT2D eigenvalue weighted by Gasteiger charge is -2.13. The van der Waals surface area contributed by atoms with Crippen LogP contribution in [-0.4, -0.2) is 17.6 Å². The summed E-state index contributed by atoms with van der Waals surface area (Å²) in [5, 5.41) is 0. The van der Waals surface area contributed by atoms with E-state index in [1.807, 2.05) is 18.2 Å². The van der Waals surface area contributed by atoms with Crippen molar-refractivity contribution in [1.82, 2.24) is 4.98 Å². The van der Waals surface area contributed by atoms with Crippen LogP contribution in [0.4, 0.5) is 0 Å². The minimum Gasteiger partial charge on any atom is -0.462 e. The number of hydrogen-bond donors (Lipinski definition) is 1. The maximum Gasteiger partial charge on any atom is 0.344 e. The topological polar surface area (TPSA) is 59.2 Å². The van der Waals surface area contributed by atoms with E-state index in [1.165, 1.54) is 5.56 Å². The quantitative estimate of drug-likeness (QED) is 0.621. The van der Waals surface area contributed by atoms with Gasteiger partial charge in [0, 0.05) is 6.20 Å². The van der Waals surface area contributed by atoms with Gasteiger partial charge in [-0.2, -0.15) is 0 Å². The molecule has 2 aromatic carbocycles. The van der Waals surface area contributed by atoms with Gasteiger partial charge in [-0.1, -0.05) is 62.4 Å². The molecule has 4 nitrogen and oxygen atoms in total. The molecule has 144 valence electrons. The van der Waals surface area contributed by atoms with Crippen molar-refractivity contribution in [3.8, 4) is 11.1 Å². The third-order valence-corrected chi connectivity index (χ3v) is 4.81. The average molecular weight is 375 g/mol. The molecular weight excluding hydrogens is 350 g/mol. The number of benzene rings is 2. The first-order chi connectivity index (χ1) is 13.5. The molecule has 1 aromatic heterocycles. The van der Waals surface area contributed by atoms with E-state index in [9.17, 15) is 9.59 Å². The molecule has 0 radical (unpaired) electrons. The predicted octanol–water partition coefficient (Wildman–Crippen LogP) is 4.93. The molecule has 1 heterocycles. The summed E-state index contributed by atoms with van der Waals surface area (Å²) in [7, 11) is 0. The second kappa shape index (κ2) is 8.70. The lowest BCUT2D eigenvalue weighted by Crippen LogP contribution is -2.22. The second-order valence-corrected chi connectivity index (χ2v) is 7.04. The molecule has 0 atom stereocenters. The summed E-state index contributed by atoms with van der Waals surface area (Å²) in [5.41, 5.74) is 4.87. The van der Waals surface area contributed by atoms with Crippen LogP contribution in [0.2, 0.25) is 0 Å². The first-order valence-electron chi connectivity index (χ1n) is 9.57. The van der Waals surface area contributed by atoms with Gasteiger partial charge in [0.25, 0.3) is 5.56 Å². The highest BCUT2D eigenvalue weighted by Gasteiger charge is 2.18. The summed E-state index contributed by atoms with van der Waals surface area (Å²) in [6.07, 6.45) is 2.04. The van der Waals surface area contributed by atoms with E-state index in [1.54, 1.807) is 19.2 Å². The van der Waals surface area contributed by atoms with Crippen LogP contribution in [0.1, 0.15) is 53.7 Å². The van der Waals surface area contributed by atoms with E-state index in [0.717, 1.165) is 16.7 Å². The number of hydrogen-bond acceptors (Lipinski definition) is 3. The maximum absolute atomic E-state index is 12.3. The third-order valence-electron chi connectivity index (χ3n) is 4.81. The van der Waals surface area contributed by atoms with Crippen LogP contribution in [0.25, 0.3) is 11.1 Å². The van der Waals surface area contributed by atoms with Crippen LogP contribution in [-0.2, 0) is 11.2 Å². The van der Waals surface area contributed by atoms with Gasteiger partial charge < -0.3 is 9.72 Å². The van der Waals surface area contributed by atoms with E-state index in [-0.39, 0.29) is 12.2 Å². The Morgan fingerprint density at radius 2 is 1.71 bits per heavy atom. The Bertz CT molecular complexity index is 1020. The molecule has 0 saturated carbocycles. The first kappa shape index (κ1) is 19.6. The molecule has 3 aromatic rings. The first-order valence-corrected chi connectivity index (χ1v) is 9.57. The van der Waals surface area contributed by atoms with Crippen LogP contribution in [0.3, 0.4) is 0 Å². The molecule has 0 fully saturated rings. The lowest BCUT2D eigenvalue weighted by molar-refractivity contribution is 0.0523. The smallest absolute Gasteiger partial charge is 0.344 e. The average Bonchev–Trinajstić information content (AvgIpc) is 2.69. The molecule has 4 heteroatoms. The molecule has 0 saturated heterocycles. The standard InChI is InChI=1S/C24H25NO3/c1-4-28-24(27)22-20(13-14-25-23(22)26)15-19-7-5-6-8-21(19)18-11-9-17(10-12-18)16(2)3/h5-14,16H,4,15H2,1-3H3,(H,25,26). The summed E-state index contributed by atoms with van der Waals surface area (Å²) in [6.45, 7) is 6.30. The normalized spacial score (nSPS) is 10.9. The fourth-order valence-electron chi connectivity index (χ4n) is 3.30. The van der Waals surface area contributed by atoms with Crippen molar-refractivity contribution < 1.29 is 9.53 Å². The van der Waals surface area contributed by atoms with Crippen molar-refractivity contribution in [2.75, 3.05) is 6.61 Å². The Labute approximate surface area is 165 Å². The van der Waals surface area contributed by atoms with Crippen LogP contribution >= 0.6 is 0 Å². The molecule has 0 aliphatic carbocycles. The minimum absolute atomic E-state index is 0.0781. The van der Waals surface area contributed by atoms with E-state index in [2.05, 4.69) is 49.2 Å². The van der Waals surface area contributed by atoms with Crippen molar-refractivity contribution in [3.05, 3.63) is 93.4 Å². The van der Waals surface area contributed by atoms with Gasteiger partial charge in [-0.25, -0.2) is 4.79 Å². The summed E-state index contributed by atoms with van der Waals surface area (Å²) in [5.74, 6) is -0.106. The Balaban J connectivity index is 2.00. The fraction of sp³-hybridized carbons (Fsp3) is 0.250. The Hall–Kier alpha value is -3.14. The van der Waals surface area contributed by atoms with Gasteiger partial charge in [0.2, 0.25) is 0 Å². The van der Waals surface area contributed by atoms with Crippen molar-refractivity contribution in [2.24, 2.45) is 0 Å². The molecule has 0 unspecified atom stereocenters. The van der Waals surface area contributed by atoms with Crippen LogP contribution in [0.5, 0.6) is 0 Å². The molecule has 0 amide bonds. The van der Waals surface area contributed by atoms with E-state index in [0.29, 0.717) is 17.9 Å². The number of ether oxygens (including phenoxy) is 1. The number of H-pyrrole nitrogens is 1. The highest BCUT2D eigenvalue weighted by molar-refractivity contribution is 5.90. The van der Waals surface area contributed by atoms with Gasteiger partial charge in [-0.3, -0.25) is 4.79 Å². The SMILES string of the molecule is CCOC(=O)c1c(Cc2ccccc2-c2ccc(C(C)C)cc2)cc[nH]c1=O. The van der Waals surface area contributed by atoms with Crippen LogP contribution in [0, 0.1) is 0 Å². The molecule has 0 aliphatic heterocycles. The Kier molecular flexibility index (Phi) is 6.09. The summed E-state index contributed by atoms with van der Waals surface area (Å²) < 4.78 is 5.08. The monoisotopic (exact) mass is 375 g/mol.